The molecule has 1 heterocycles. The SMILES string of the molecule is CCN1CCNC(C=C(C)C)C1. The molecule has 0 bridgehead atoms. The van der Waals surface area contributed by atoms with Gasteiger partial charge in [-0.1, -0.05) is 18.6 Å². The lowest BCUT2D eigenvalue weighted by atomic mass is 10.1. The second kappa shape index (κ2) is 4.63. The Morgan fingerprint density at radius 3 is 2.92 bits per heavy atom. The molecule has 1 rings (SSSR count). The summed E-state index contributed by atoms with van der Waals surface area (Å²) in [4.78, 5) is 2.49. The molecule has 1 unspecified atom stereocenters. The first kappa shape index (κ1) is 9.75. The molecule has 1 aliphatic rings. The molecule has 0 aromatic rings. The van der Waals surface area contributed by atoms with Crippen molar-refractivity contribution < 1.29 is 0 Å². The molecule has 0 aromatic heterocycles. The maximum Gasteiger partial charge on any atom is 0.0381 e. The van der Waals surface area contributed by atoms with E-state index in [1.165, 1.54) is 25.2 Å². The number of piperazine rings is 1. The molecule has 2 nitrogen and oxygen atoms in total. The minimum absolute atomic E-state index is 0.573. The first-order valence-electron chi connectivity index (χ1n) is 4.83. The average molecular weight is 168 g/mol. The first-order chi connectivity index (χ1) is 5.72. The zero-order valence-corrected chi connectivity index (χ0v) is 8.43. The fourth-order valence-corrected chi connectivity index (χ4v) is 1.64. The van der Waals surface area contributed by atoms with Crippen LogP contribution in [0.3, 0.4) is 0 Å². The maximum atomic E-state index is 3.50. The summed E-state index contributed by atoms with van der Waals surface area (Å²) >= 11 is 0. The minimum atomic E-state index is 0.573. The predicted octanol–water partition coefficient (Wildman–Crippen LogP) is 1.25. The van der Waals surface area contributed by atoms with Gasteiger partial charge < -0.3 is 10.2 Å². The third-order valence-corrected chi connectivity index (χ3v) is 2.27. The van der Waals surface area contributed by atoms with Gasteiger partial charge in [-0.15, -0.1) is 0 Å². The molecule has 0 radical (unpaired) electrons. The fraction of sp³-hybridized carbons (Fsp3) is 0.800. The summed E-state index contributed by atoms with van der Waals surface area (Å²) in [7, 11) is 0. The Morgan fingerprint density at radius 1 is 1.58 bits per heavy atom. The molecule has 12 heavy (non-hydrogen) atoms. The lowest BCUT2D eigenvalue weighted by molar-refractivity contribution is 0.227. The number of allylic oxidation sites excluding steroid dienone is 1. The monoisotopic (exact) mass is 168 g/mol. The van der Waals surface area contributed by atoms with Crippen molar-refractivity contribution in [1.29, 1.82) is 0 Å². The van der Waals surface area contributed by atoms with E-state index in [-0.39, 0.29) is 0 Å². The van der Waals surface area contributed by atoms with Crippen molar-refractivity contribution in [3.8, 4) is 0 Å². The van der Waals surface area contributed by atoms with E-state index in [1.54, 1.807) is 0 Å². The lowest BCUT2D eigenvalue weighted by Gasteiger charge is -2.31. The van der Waals surface area contributed by atoms with Crippen molar-refractivity contribution in [2.75, 3.05) is 26.2 Å². The van der Waals surface area contributed by atoms with E-state index >= 15 is 0 Å². The second-order valence-electron chi connectivity index (χ2n) is 3.70. The van der Waals surface area contributed by atoms with E-state index in [1.807, 2.05) is 0 Å². The van der Waals surface area contributed by atoms with Crippen LogP contribution in [0.15, 0.2) is 11.6 Å². The van der Waals surface area contributed by atoms with Crippen LogP contribution < -0.4 is 5.32 Å². The molecule has 0 amide bonds. The summed E-state index contributed by atoms with van der Waals surface area (Å²) in [5.41, 5.74) is 1.41. The highest BCUT2D eigenvalue weighted by molar-refractivity contribution is 5.03. The van der Waals surface area contributed by atoms with Crippen molar-refractivity contribution in [1.82, 2.24) is 10.2 Å². The van der Waals surface area contributed by atoms with Crippen LogP contribution in [0.5, 0.6) is 0 Å². The molecule has 0 saturated carbocycles. The summed E-state index contributed by atoms with van der Waals surface area (Å²) in [5, 5.41) is 3.50. The van der Waals surface area contributed by atoms with Gasteiger partial charge in [-0.25, -0.2) is 0 Å². The van der Waals surface area contributed by atoms with Gasteiger partial charge in [0, 0.05) is 25.7 Å². The van der Waals surface area contributed by atoms with Crippen LogP contribution >= 0.6 is 0 Å². The van der Waals surface area contributed by atoms with Crippen LogP contribution in [-0.4, -0.2) is 37.1 Å². The van der Waals surface area contributed by atoms with Gasteiger partial charge in [0.25, 0.3) is 0 Å². The highest BCUT2D eigenvalue weighted by Gasteiger charge is 2.14. The Labute approximate surface area is 75.6 Å². The largest absolute Gasteiger partial charge is 0.308 e. The molecule has 1 N–H and O–H groups in total. The Morgan fingerprint density at radius 2 is 2.33 bits per heavy atom. The van der Waals surface area contributed by atoms with Crippen LogP contribution in [0, 0.1) is 0 Å². The van der Waals surface area contributed by atoms with Gasteiger partial charge in [0.05, 0.1) is 0 Å². The van der Waals surface area contributed by atoms with Crippen LogP contribution in [0.4, 0.5) is 0 Å². The zero-order chi connectivity index (χ0) is 8.97. The standard InChI is InChI=1S/C10H20N2/c1-4-12-6-5-11-10(8-12)7-9(2)3/h7,10-11H,4-6,8H2,1-3H3. The summed E-state index contributed by atoms with van der Waals surface area (Å²) in [6.07, 6.45) is 2.32. The topological polar surface area (TPSA) is 15.3 Å². The summed E-state index contributed by atoms with van der Waals surface area (Å²) in [5.74, 6) is 0. The molecule has 1 aliphatic heterocycles. The van der Waals surface area contributed by atoms with Crippen LogP contribution in [0.1, 0.15) is 20.8 Å². The number of nitrogens with one attached hydrogen (secondary N) is 1. The molecule has 1 fully saturated rings. The van der Waals surface area contributed by atoms with Crippen LogP contribution in [0.2, 0.25) is 0 Å². The van der Waals surface area contributed by atoms with Gasteiger partial charge >= 0.3 is 0 Å². The van der Waals surface area contributed by atoms with E-state index in [0.717, 1.165) is 6.54 Å². The molecular weight excluding hydrogens is 148 g/mol. The van der Waals surface area contributed by atoms with Gasteiger partial charge in [-0.3, -0.25) is 0 Å². The quantitative estimate of drug-likeness (QED) is 0.624. The van der Waals surface area contributed by atoms with E-state index in [9.17, 15) is 0 Å². The molecule has 1 saturated heterocycles. The van der Waals surface area contributed by atoms with Gasteiger partial charge in [-0.2, -0.15) is 0 Å². The summed E-state index contributed by atoms with van der Waals surface area (Å²) in [6.45, 7) is 11.2. The van der Waals surface area contributed by atoms with Crippen LogP contribution in [-0.2, 0) is 0 Å². The lowest BCUT2D eigenvalue weighted by Crippen LogP contribution is -2.49. The molecule has 0 aromatic carbocycles. The number of hydrogen-bond acceptors (Lipinski definition) is 2. The van der Waals surface area contributed by atoms with Crippen molar-refractivity contribution in [2.24, 2.45) is 0 Å². The van der Waals surface area contributed by atoms with E-state index < -0.39 is 0 Å². The molecule has 0 aliphatic carbocycles. The predicted molar refractivity (Wildman–Crippen MR) is 53.3 cm³/mol. The summed E-state index contributed by atoms with van der Waals surface area (Å²) < 4.78 is 0. The van der Waals surface area contributed by atoms with E-state index in [0.29, 0.717) is 6.04 Å². The Hall–Kier alpha value is -0.340. The smallest absolute Gasteiger partial charge is 0.0381 e. The fourth-order valence-electron chi connectivity index (χ4n) is 1.64. The maximum absolute atomic E-state index is 3.50. The van der Waals surface area contributed by atoms with Crippen molar-refractivity contribution in [3.63, 3.8) is 0 Å². The number of likely N-dealkylation sites (N-methyl/N-ethyl adjacent to an activating group) is 1. The molecule has 0 spiro atoms. The van der Waals surface area contributed by atoms with E-state index in [4.69, 9.17) is 0 Å². The minimum Gasteiger partial charge on any atom is -0.308 e. The highest BCUT2D eigenvalue weighted by Crippen LogP contribution is 2.02. The first-order valence-corrected chi connectivity index (χ1v) is 4.83. The van der Waals surface area contributed by atoms with Crippen LogP contribution in [0.25, 0.3) is 0 Å². The number of rotatable bonds is 2. The second-order valence-corrected chi connectivity index (χ2v) is 3.70. The zero-order valence-electron chi connectivity index (χ0n) is 8.43. The van der Waals surface area contributed by atoms with Gasteiger partial charge in [-0.05, 0) is 20.4 Å². The molecular formula is C10H20N2. The summed E-state index contributed by atoms with van der Waals surface area (Å²) in [6, 6.07) is 0.573. The normalized spacial score (nSPS) is 25.4. The molecule has 2 heteroatoms. The van der Waals surface area contributed by atoms with E-state index in [2.05, 4.69) is 37.1 Å². The average Bonchev–Trinajstić information content (AvgIpc) is 2.03. The highest BCUT2D eigenvalue weighted by atomic mass is 15.2. The van der Waals surface area contributed by atoms with Gasteiger partial charge in [0.15, 0.2) is 0 Å². The molecule has 70 valence electrons. The Kier molecular flexibility index (Phi) is 3.76. The van der Waals surface area contributed by atoms with Crippen molar-refractivity contribution in [3.05, 3.63) is 11.6 Å². The third-order valence-electron chi connectivity index (χ3n) is 2.27. The van der Waals surface area contributed by atoms with Gasteiger partial charge in [0.2, 0.25) is 0 Å². The Balaban J connectivity index is 2.40. The van der Waals surface area contributed by atoms with Crippen molar-refractivity contribution in [2.45, 2.75) is 26.8 Å². The van der Waals surface area contributed by atoms with Gasteiger partial charge in [0.1, 0.15) is 0 Å². The number of nitrogens with zero attached hydrogens (tertiary/aromatic N) is 1. The van der Waals surface area contributed by atoms with Crippen molar-refractivity contribution >= 4 is 0 Å². The third kappa shape index (κ3) is 2.95. The Bertz CT molecular complexity index is 159. The number of hydrogen-bond donors (Lipinski definition) is 1. The molecule has 1 atom stereocenters.